The van der Waals surface area contributed by atoms with Crippen LogP contribution in [0.3, 0.4) is 0 Å². The van der Waals surface area contributed by atoms with Gasteiger partial charge in [0.1, 0.15) is 5.76 Å². The summed E-state index contributed by atoms with van der Waals surface area (Å²) in [6.07, 6.45) is 2.49. The summed E-state index contributed by atoms with van der Waals surface area (Å²) in [6.45, 7) is 5.62. The van der Waals surface area contributed by atoms with Gasteiger partial charge in [-0.2, -0.15) is 0 Å². The number of anilines is 1. The van der Waals surface area contributed by atoms with Crippen LogP contribution >= 0.6 is 0 Å². The molecule has 3 heterocycles. The fraction of sp³-hybridized carbons (Fsp3) is 0.294. The number of fused-ring (bicyclic) bond motifs is 1. The predicted molar refractivity (Wildman–Crippen MR) is 91.6 cm³/mol. The summed E-state index contributed by atoms with van der Waals surface area (Å²) in [5.74, 6) is 0.190. The second kappa shape index (κ2) is 6.76. The summed E-state index contributed by atoms with van der Waals surface area (Å²) in [5.41, 5.74) is 0.771. The number of aromatic nitrogens is 3. The van der Waals surface area contributed by atoms with Crippen LogP contribution < -0.4 is 10.6 Å². The number of rotatable bonds is 5. The van der Waals surface area contributed by atoms with Crippen molar-refractivity contribution in [3.63, 3.8) is 0 Å². The van der Waals surface area contributed by atoms with Crippen LogP contribution in [-0.2, 0) is 0 Å². The number of hydrogen-bond acceptors (Lipinski definition) is 5. The van der Waals surface area contributed by atoms with Crippen molar-refractivity contribution in [1.29, 1.82) is 0 Å². The monoisotopic (exact) mass is 341 g/mol. The molecule has 0 saturated heterocycles. The Morgan fingerprint density at radius 2 is 2.12 bits per heavy atom. The summed E-state index contributed by atoms with van der Waals surface area (Å²) in [6, 6.07) is 6.92. The zero-order valence-corrected chi connectivity index (χ0v) is 14.2. The molecule has 0 aliphatic rings. The number of nitrogens with one attached hydrogen (secondary N) is 2. The SMILES string of the molecule is CCC(C)NC(=O)c1nc(C(=O)Nc2cc(C)on2)n2ccccc12. The van der Waals surface area contributed by atoms with Crippen LogP contribution in [0.4, 0.5) is 5.82 Å². The lowest BCUT2D eigenvalue weighted by molar-refractivity contribution is 0.0936. The molecular formula is C17H19N5O3. The normalized spacial score (nSPS) is 12.1. The van der Waals surface area contributed by atoms with Crippen molar-refractivity contribution in [2.24, 2.45) is 0 Å². The number of imidazole rings is 1. The van der Waals surface area contributed by atoms with E-state index in [1.54, 1.807) is 41.8 Å². The lowest BCUT2D eigenvalue weighted by Crippen LogP contribution is -2.32. The Balaban J connectivity index is 1.95. The Bertz CT molecular complexity index is 927. The third-order valence-corrected chi connectivity index (χ3v) is 3.83. The first-order valence-corrected chi connectivity index (χ1v) is 8.02. The molecule has 3 rings (SSSR count). The second-order valence-corrected chi connectivity index (χ2v) is 5.80. The first-order valence-electron chi connectivity index (χ1n) is 8.02. The van der Waals surface area contributed by atoms with E-state index in [0.29, 0.717) is 17.1 Å². The largest absolute Gasteiger partial charge is 0.360 e. The van der Waals surface area contributed by atoms with Crippen molar-refractivity contribution >= 4 is 23.1 Å². The molecule has 0 fully saturated rings. The van der Waals surface area contributed by atoms with E-state index in [0.717, 1.165) is 6.42 Å². The Hall–Kier alpha value is -3.16. The maximum atomic E-state index is 12.5. The van der Waals surface area contributed by atoms with Gasteiger partial charge in [-0.15, -0.1) is 0 Å². The molecule has 25 heavy (non-hydrogen) atoms. The maximum absolute atomic E-state index is 12.5. The molecule has 0 radical (unpaired) electrons. The predicted octanol–water partition coefficient (Wildman–Crippen LogP) is 2.41. The minimum atomic E-state index is -0.475. The van der Waals surface area contributed by atoms with Gasteiger partial charge in [0.15, 0.2) is 11.5 Å². The Labute approximate surface area is 144 Å². The van der Waals surface area contributed by atoms with E-state index in [2.05, 4.69) is 20.8 Å². The number of pyridine rings is 1. The van der Waals surface area contributed by atoms with Crippen molar-refractivity contribution in [3.05, 3.63) is 47.7 Å². The van der Waals surface area contributed by atoms with Crippen molar-refractivity contribution in [3.8, 4) is 0 Å². The summed E-state index contributed by atoms with van der Waals surface area (Å²) in [5, 5.41) is 9.22. The van der Waals surface area contributed by atoms with E-state index in [-0.39, 0.29) is 23.5 Å². The molecule has 3 aromatic heterocycles. The molecule has 0 aliphatic carbocycles. The highest BCUT2D eigenvalue weighted by atomic mass is 16.5. The van der Waals surface area contributed by atoms with E-state index >= 15 is 0 Å². The zero-order chi connectivity index (χ0) is 18.0. The molecule has 8 nitrogen and oxygen atoms in total. The van der Waals surface area contributed by atoms with Crippen molar-refractivity contribution in [1.82, 2.24) is 19.9 Å². The number of carbonyl (C=O) groups is 2. The fourth-order valence-electron chi connectivity index (χ4n) is 2.36. The molecule has 2 amide bonds. The third-order valence-electron chi connectivity index (χ3n) is 3.83. The fourth-order valence-corrected chi connectivity index (χ4v) is 2.36. The molecule has 2 N–H and O–H groups in total. The van der Waals surface area contributed by atoms with Gasteiger partial charge >= 0.3 is 0 Å². The summed E-state index contributed by atoms with van der Waals surface area (Å²) < 4.78 is 6.51. The zero-order valence-electron chi connectivity index (χ0n) is 14.2. The van der Waals surface area contributed by atoms with E-state index in [1.165, 1.54) is 0 Å². The van der Waals surface area contributed by atoms with E-state index < -0.39 is 5.91 Å². The van der Waals surface area contributed by atoms with Crippen LogP contribution in [0.5, 0.6) is 0 Å². The number of nitrogens with zero attached hydrogens (tertiary/aromatic N) is 3. The molecule has 8 heteroatoms. The van der Waals surface area contributed by atoms with E-state index in [9.17, 15) is 9.59 Å². The average Bonchev–Trinajstić information content (AvgIpc) is 3.18. The molecule has 3 aromatic rings. The summed E-state index contributed by atoms with van der Waals surface area (Å²) in [7, 11) is 0. The Morgan fingerprint density at radius 1 is 1.32 bits per heavy atom. The highest BCUT2D eigenvalue weighted by Crippen LogP contribution is 2.15. The average molecular weight is 341 g/mol. The quantitative estimate of drug-likeness (QED) is 0.742. The molecule has 0 spiro atoms. The summed E-state index contributed by atoms with van der Waals surface area (Å²) in [4.78, 5) is 29.3. The number of amides is 2. The van der Waals surface area contributed by atoms with Crippen LogP contribution in [-0.4, -0.2) is 32.4 Å². The van der Waals surface area contributed by atoms with Crippen molar-refractivity contribution in [2.45, 2.75) is 33.2 Å². The molecule has 0 saturated carbocycles. The van der Waals surface area contributed by atoms with Gasteiger partial charge in [0.25, 0.3) is 11.8 Å². The minimum Gasteiger partial charge on any atom is -0.360 e. The highest BCUT2D eigenvalue weighted by Gasteiger charge is 2.22. The minimum absolute atomic E-state index is 0.0170. The Morgan fingerprint density at radius 3 is 2.80 bits per heavy atom. The van der Waals surface area contributed by atoms with Gasteiger partial charge in [-0.25, -0.2) is 4.98 Å². The van der Waals surface area contributed by atoms with Crippen LogP contribution in [0, 0.1) is 6.92 Å². The van der Waals surface area contributed by atoms with Crippen molar-refractivity contribution < 1.29 is 14.1 Å². The lowest BCUT2D eigenvalue weighted by atomic mass is 10.2. The van der Waals surface area contributed by atoms with Gasteiger partial charge in [0.05, 0.1) is 5.52 Å². The van der Waals surface area contributed by atoms with Crippen molar-refractivity contribution in [2.75, 3.05) is 5.32 Å². The standard InChI is InChI=1S/C17H19N5O3/c1-4-10(2)18-16(23)14-12-7-5-6-8-22(12)15(20-14)17(24)19-13-9-11(3)25-21-13/h5-10H,4H2,1-3H3,(H,18,23)(H,19,21,24). The van der Waals surface area contributed by atoms with Crippen LogP contribution in [0.2, 0.25) is 0 Å². The smallest absolute Gasteiger partial charge is 0.293 e. The molecule has 130 valence electrons. The topological polar surface area (TPSA) is 102 Å². The van der Waals surface area contributed by atoms with Gasteiger partial charge in [0, 0.05) is 18.3 Å². The molecule has 0 aromatic carbocycles. The highest BCUT2D eigenvalue weighted by molar-refractivity contribution is 6.05. The molecule has 0 bridgehead atoms. The number of hydrogen-bond donors (Lipinski definition) is 2. The molecule has 0 aliphatic heterocycles. The Kier molecular flexibility index (Phi) is 4.51. The first-order chi connectivity index (χ1) is 12.0. The van der Waals surface area contributed by atoms with Crippen LogP contribution in [0.15, 0.2) is 35.0 Å². The number of aryl methyl sites for hydroxylation is 1. The second-order valence-electron chi connectivity index (χ2n) is 5.80. The van der Waals surface area contributed by atoms with E-state index in [4.69, 9.17) is 4.52 Å². The lowest BCUT2D eigenvalue weighted by Gasteiger charge is -2.09. The maximum Gasteiger partial charge on any atom is 0.293 e. The molecular weight excluding hydrogens is 322 g/mol. The van der Waals surface area contributed by atoms with E-state index in [1.807, 2.05) is 13.8 Å². The molecule has 1 atom stereocenters. The molecule has 1 unspecified atom stereocenters. The summed E-state index contributed by atoms with van der Waals surface area (Å²) >= 11 is 0. The van der Waals surface area contributed by atoms with Gasteiger partial charge in [-0.3, -0.25) is 14.0 Å². The van der Waals surface area contributed by atoms with Crippen LogP contribution in [0.25, 0.3) is 5.52 Å². The van der Waals surface area contributed by atoms with Gasteiger partial charge < -0.3 is 15.2 Å². The third kappa shape index (κ3) is 3.37. The van der Waals surface area contributed by atoms with Gasteiger partial charge in [0.2, 0.25) is 5.82 Å². The van der Waals surface area contributed by atoms with Gasteiger partial charge in [-0.1, -0.05) is 18.1 Å². The number of carbonyl (C=O) groups excluding carboxylic acids is 2. The van der Waals surface area contributed by atoms with Gasteiger partial charge in [-0.05, 0) is 32.4 Å². The first kappa shape index (κ1) is 16.7. The van der Waals surface area contributed by atoms with Crippen LogP contribution in [0.1, 0.15) is 47.1 Å².